The van der Waals surface area contributed by atoms with Gasteiger partial charge >= 0.3 is 0 Å². The number of rotatable bonds is 4. The van der Waals surface area contributed by atoms with Crippen LogP contribution in [0.25, 0.3) is 49.3 Å². The number of anilines is 1. The number of hydrogen-bond acceptors (Lipinski definition) is 4. The maximum atomic E-state index is 11.7. The lowest BCUT2D eigenvalue weighted by Crippen LogP contribution is -2.09. The van der Waals surface area contributed by atoms with E-state index in [1.54, 1.807) is 31.6 Å². The first-order chi connectivity index (χ1) is 15.2. The zero-order valence-electron chi connectivity index (χ0n) is 16.6. The van der Waals surface area contributed by atoms with Gasteiger partial charge < -0.3 is 10.3 Å². The molecule has 0 aliphatic carbocycles. The minimum atomic E-state index is -0.0674. The Balaban J connectivity index is 1.59. The molecule has 1 amide bonds. The summed E-state index contributed by atoms with van der Waals surface area (Å²) in [4.78, 5) is 27.4. The van der Waals surface area contributed by atoms with Gasteiger partial charge in [0.1, 0.15) is 5.69 Å². The molecule has 0 bridgehead atoms. The summed E-state index contributed by atoms with van der Waals surface area (Å²) in [6, 6.07) is 11.4. The van der Waals surface area contributed by atoms with Crippen LogP contribution in [0.5, 0.6) is 0 Å². The molecule has 8 nitrogen and oxygen atoms in total. The summed E-state index contributed by atoms with van der Waals surface area (Å²) in [6.07, 6.45) is 5.49. The number of nitrogens with zero attached hydrogens (tertiary/aromatic N) is 4. The third-order valence-electron chi connectivity index (χ3n) is 5.11. The van der Waals surface area contributed by atoms with Crippen molar-refractivity contribution in [1.82, 2.24) is 25.1 Å². The SMILES string of the molecule is [C-]#[N+]c1cccc2[nH]c(-c3n[nH]c4ncc(-c5cncc(NC(=O)CC)c5)cc34)cc12. The molecule has 1 aromatic carbocycles. The Kier molecular flexibility index (Phi) is 4.41. The standard InChI is InChI=1S/C23H17N7O/c1-3-21(31)27-15-7-13(10-25-12-15)14-8-17-22(29-30-23(17)26-11-14)20-9-16-18(24-2)5-4-6-19(16)28-20/h4-12,28H,3H2,1H3,(H,27,31)(H,26,29,30). The van der Waals surface area contributed by atoms with Crippen LogP contribution < -0.4 is 5.32 Å². The second-order valence-corrected chi connectivity index (χ2v) is 7.09. The van der Waals surface area contributed by atoms with E-state index in [4.69, 9.17) is 6.57 Å². The predicted molar refractivity (Wildman–Crippen MR) is 120 cm³/mol. The highest BCUT2D eigenvalue weighted by atomic mass is 16.1. The third kappa shape index (κ3) is 3.28. The maximum absolute atomic E-state index is 11.7. The molecule has 0 radical (unpaired) electrons. The van der Waals surface area contributed by atoms with Gasteiger partial charge in [-0.15, -0.1) is 0 Å². The fourth-order valence-corrected chi connectivity index (χ4v) is 3.55. The van der Waals surface area contributed by atoms with E-state index in [0.29, 0.717) is 23.4 Å². The van der Waals surface area contributed by atoms with Gasteiger partial charge in [-0.1, -0.05) is 19.1 Å². The molecule has 3 N–H and O–H groups in total. The molecule has 0 saturated heterocycles. The molecule has 0 fully saturated rings. The highest BCUT2D eigenvalue weighted by Gasteiger charge is 2.14. The van der Waals surface area contributed by atoms with E-state index in [2.05, 4.69) is 35.3 Å². The second kappa shape index (κ2) is 7.39. The van der Waals surface area contributed by atoms with E-state index < -0.39 is 0 Å². The molecule has 150 valence electrons. The second-order valence-electron chi connectivity index (χ2n) is 7.09. The van der Waals surface area contributed by atoms with Crippen LogP contribution in [-0.4, -0.2) is 31.1 Å². The van der Waals surface area contributed by atoms with Crippen molar-refractivity contribution in [3.8, 4) is 22.5 Å². The number of carbonyl (C=O) groups is 1. The number of pyridine rings is 2. The van der Waals surface area contributed by atoms with Gasteiger partial charge in [-0.05, 0) is 24.3 Å². The van der Waals surface area contributed by atoms with Gasteiger partial charge in [0.05, 0.1) is 24.2 Å². The smallest absolute Gasteiger partial charge is 0.224 e. The van der Waals surface area contributed by atoms with Crippen LogP contribution in [0.1, 0.15) is 13.3 Å². The minimum Gasteiger partial charge on any atom is -0.354 e. The summed E-state index contributed by atoms with van der Waals surface area (Å²) < 4.78 is 0. The number of H-pyrrole nitrogens is 2. The monoisotopic (exact) mass is 407 g/mol. The van der Waals surface area contributed by atoms with Crippen molar-refractivity contribution in [3.63, 3.8) is 0 Å². The minimum absolute atomic E-state index is 0.0674. The predicted octanol–water partition coefficient (Wildman–Crippen LogP) is 5.07. The van der Waals surface area contributed by atoms with Gasteiger partial charge in [0, 0.05) is 46.2 Å². The average molecular weight is 407 g/mol. The molecule has 5 aromatic rings. The Labute approximate surface area is 177 Å². The van der Waals surface area contributed by atoms with Gasteiger partial charge in [0.15, 0.2) is 11.3 Å². The molecule has 0 spiro atoms. The van der Waals surface area contributed by atoms with Gasteiger partial charge in [-0.2, -0.15) is 5.10 Å². The van der Waals surface area contributed by atoms with Crippen LogP contribution in [0.4, 0.5) is 11.4 Å². The van der Waals surface area contributed by atoms with Gasteiger partial charge in [-0.3, -0.25) is 14.9 Å². The molecule has 0 atom stereocenters. The lowest BCUT2D eigenvalue weighted by atomic mass is 10.1. The van der Waals surface area contributed by atoms with E-state index in [1.807, 2.05) is 30.3 Å². The van der Waals surface area contributed by atoms with Crippen molar-refractivity contribution in [3.05, 3.63) is 66.4 Å². The van der Waals surface area contributed by atoms with Gasteiger partial charge in [0.25, 0.3) is 0 Å². The molecule has 5 rings (SSSR count). The Morgan fingerprint density at radius 2 is 2.00 bits per heavy atom. The maximum Gasteiger partial charge on any atom is 0.224 e. The van der Waals surface area contributed by atoms with Crippen LogP contribution in [0, 0.1) is 6.57 Å². The zero-order valence-corrected chi connectivity index (χ0v) is 16.6. The lowest BCUT2D eigenvalue weighted by molar-refractivity contribution is -0.115. The fraction of sp³-hybridized carbons (Fsp3) is 0.0870. The van der Waals surface area contributed by atoms with Crippen molar-refractivity contribution < 1.29 is 4.79 Å². The summed E-state index contributed by atoms with van der Waals surface area (Å²) in [6.45, 7) is 9.18. The van der Waals surface area contributed by atoms with E-state index in [0.717, 1.165) is 38.8 Å². The summed E-state index contributed by atoms with van der Waals surface area (Å²) in [5.41, 5.74) is 5.99. The molecule has 0 aliphatic rings. The first kappa shape index (κ1) is 18.5. The molecular formula is C23H17N7O. The van der Waals surface area contributed by atoms with Crippen molar-refractivity contribution in [1.29, 1.82) is 0 Å². The number of hydrogen-bond donors (Lipinski definition) is 3. The largest absolute Gasteiger partial charge is 0.354 e. The van der Waals surface area contributed by atoms with Crippen LogP contribution in [0.3, 0.4) is 0 Å². The quantitative estimate of drug-likeness (QED) is 0.362. The molecule has 0 unspecified atom stereocenters. The number of nitrogens with one attached hydrogen (secondary N) is 3. The number of carbonyl (C=O) groups excluding carboxylic acids is 1. The number of benzene rings is 1. The van der Waals surface area contributed by atoms with Crippen molar-refractivity contribution in [2.75, 3.05) is 5.32 Å². The highest BCUT2D eigenvalue weighted by molar-refractivity contribution is 6.00. The number of aromatic nitrogens is 5. The zero-order chi connectivity index (χ0) is 21.4. The Morgan fingerprint density at radius 1 is 1.13 bits per heavy atom. The average Bonchev–Trinajstić information content (AvgIpc) is 3.42. The first-order valence-corrected chi connectivity index (χ1v) is 9.75. The molecular weight excluding hydrogens is 390 g/mol. The van der Waals surface area contributed by atoms with E-state index in [1.165, 1.54) is 0 Å². The summed E-state index contributed by atoms with van der Waals surface area (Å²) in [7, 11) is 0. The number of amides is 1. The Morgan fingerprint density at radius 3 is 2.84 bits per heavy atom. The summed E-state index contributed by atoms with van der Waals surface area (Å²) in [5.74, 6) is -0.0674. The van der Waals surface area contributed by atoms with E-state index in [9.17, 15) is 4.79 Å². The van der Waals surface area contributed by atoms with Crippen LogP contribution in [0.15, 0.2) is 55.0 Å². The van der Waals surface area contributed by atoms with Gasteiger partial charge in [0.2, 0.25) is 5.91 Å². The van der Waals surface area contributed by atoms with Crippen LogP contribution >= 0.6 is 0 Å². The van der Waals surface area contributed by atoms with Crippen molar-refractivity contribution in [2.45, 2.75) is 13.3 Å². The molecule has 8 heteroatoms. The Hall–Kier alpha value is -4.51. The Bertz CT molecular complexity index is 1490. The molecule has 31 heavy (non-hydrogen) atoms. The van der Waals surface area contributed by atoms with Crippen molar-refractivity contribution >= 4 is 39.2 Å². The summed E-state index contributed by atoms with van der Waals surface area (Å²) >= 11 is 0. The van der Waals surface area contributed by atoms with E-state index >= 15 is 0 Å². The molecule has 0 saturated carbocycles. The highest BCUT2D eigenvalue weighted by Crippen LogP contribution is 2.34. The number of fused-ring (bicyclic) bond motifs is 2. The molecule has 4 heterocycles. The topological polar surface area (TPSA) is 104 Å². The van der Waals surface area contributed by atoms with E-state index in [-0.39, 0.29) is 5.91 Å². The number of aromatic amines is 2. The summed E-state index contributed by atoms with van der Waals surface area (Å²) in [5, 5.41) is 11.9. The van der Waals surface area contributed by atoms with Crippen molar-refractivity contribution in [2.24, 2.45) is 0 Å². The fourth-order valence-electron chi connectivity index (χ4n) is 3.55. The first-order valence-electron chi connectivity index (χ1n) is 9.75. The third-order valence-corrected chi connectivity index (χ3v) is 5.11. The normalized spacial score (nSPS) is 11.0. The van der Waals surface area contributed by atoms with Gasteiger partial charge in [-0.25, -0.2) is 9.83 Å². The molecule has 4 aromatic heterocycles. The lowest BCUT2D eigenvalue weighted by Gasteiger charge is -2.06. The molecule has 0 aliphatic heterocycles. The van der Waals surface area contributed by atoms with Crippen LogP contribution in [0.2, 0.25) is 0 Å². The van der Waals surface area contributed by atoms with Crippen LogP contribution in [-0.2, 0) is 4.79 Å².